The van der Waals surface area contributed by atoms with Crippen LogP contribution in [0.4, 0.5) is 5.69 Å². The number of fused-ring (bicyclic) bond motifs is 1. The van der Waals surface area contributed by atoms with E-state index in [9.17, 15) is 4.79 Å². The van der Waals surface area contributed by atoms with Crippen LogP contribution in [0, 0.1) is 6.92 Å². The third-order valence-electron chi connectivity index (χ3n) is 5.91. The molecule has 0 spiro atoms. The lowest BCUT2D eigenvalue weighted by Gasteiger charge is -2.30. The van der Waals surface area contributed by atoms with Gasteiger partial charge < -0.3 is 14.8 Å². The van der Waals surface area contributed by atoms with Crippen molar-refractivity contribution in [2.45, 2.75) is 59.5 Å². The first-order valence-electron chi connectivity index (χ1n) is 9.80. The maximum atomic E-state index is 13.2. The van der Waals surface area contributed by atoms with Gasteiger partial charge in [0.15, 0.2) is 5.43 Å². The molecule has 2 aromatic rings. The fourth-order valence-electron chi connectivity index (χ4n) is 4.18. The number of aryl methyl sites for hydroxylation is 1. The average Bonchev–Trinajstić information content (AvgIpc) is 2.61. The number of rotatable bonds is 5. The SMILES string of the molecule is CCN(CC)c1ccc2[nH]c(C)c(C[NH+]3CCCC[C@H]3C)c(=O)c2c1. The topological polar surface area (TPSA) is 40.5 Å². The number of benzene rings is 1. The number of hydrogen-bond acceptors (Lipinski definition) is 2. The molecule has 1 unspecified atom stereocenters. The summed E-state index contributed by atoms with van der Waals surface area (Å²) < 4.78 is 0. The van der Waals surface area contributed by atoms with Crippen molar-refractivity contribution >= 4 is 16.6 Å². The molecule has 136 valence electrons. The summed E-state index contributed by atoms with van der Waals surface area (Å²) in [5.74, 6) is 0. The molecule has 1 aliphatic heterocycles. The van der Waals surface area contributed by atoms with Gasteiger partial charge in [-0.1, -0.05) is 0 Å². The third kappa shape index (κ3) is 3.59. The number of nitrogens with zero attached hydrogens (tertiary/aromatic N) is 1. The van der Waals surface area contributed by atoms with E-state index in [1.54, 1.807) is 4.90 Å². The van der Waals surface area contributed by atoms with E-state index in [-0.39, 0.29) is 5.43 Å². The largest absolute Gasteiger partial charge is 0.372 e. The van der Waals surface area contributed by atoms with E-state index < -0.39 is 0 Å². The Balaban J connectivity index is 2.02. The van der Waals surface area contributed by atoms with Crippen molar-refractivity contribution in [1.29, 1.82) is 0 Å². The fourth-order valence-corrected chi connectivity index (χ4v) is 4.18. The first-order chi connectivity index (χ1) is 12.0. The summed E-state index contributed by atoms with van der Waals surface area (Å²) in [5.41, 5.74) is 4.29. The first kappa shape index (κ1) is 18.0. The number of anilines is 1. The third-order valence-corrected chi connectivity index (χ3v) is 5.91. The molecule has 1 aromatic heterocycles. The van der Waals surface area contributed by atoms with Gasteiger partial charge in [-0.2, -0.15) is 0 Å². The Morgan fingerprint density at radius 3 is 2.68 bits per heavy atom. The zero-order chi connectivity index (χ0) is 18.0. The molecule has 0 aliphatic carbocycles. The summed E-state index contributed by atoms with van der Waals surface area (Å²) in [6.07, 6.45) is 3.87. The van der Waals surface area contributed by atoms with Crippen LogP contribution in [0.15, 0.2) is 23.0 Å². The van der Waals surface area contributed by atoms with Gasteiger partial charge in [0.1, 0.15) is 6.54 Å². The molecule has 1 fully saturated rings. The monoisotopic (exact) mass is 342 g/mol. The molecule has 25 heavy (non-hydrogen) atoms. The molecule has 0 bridgehead atoms. The van der Waals surface area contributed by atoms with Gasteiger partial charge in [0, 0.05) is 35.4 Å². The summed E-state index contributed by atoms with van der Waals surface area (Å²) in [7, 11) is 0. The predicted molar refractivity (Wildman–Crippen MR) is 106 cm³/mol. The van der Waals surface area contributed by atoms with Crippen LogP contribution in [0.5, 0.6) is 0 Å². The van der Waals surface area contributed by atoms with Gasteiger partial charge in [-0.3, -0.25) is 4.79 Å². The van der Waals surface area contributed by atoms with E-state index in [0.29, 0.717) is 6.04 Å². The van der Waals surface area contributed by atoms with Gasteiger partial charge in [0.2, 0.25) is 0 Å². The molecule has 1 saturated heterocycles. The number of aromatic nitrogens is 1. The van der Waals surface area contributed by atoms with Gasteiger partial charge in [-0.15, -0.1) is 0 Å². The molecule has 0 saturated carbocycles. The lowest BCUT2D eigenvalue weighted by molar-refractivity contribution is -0.942. The summed E-state index contributed by atoms with van der Waals surface area (Å²) in [6, 6.07) is 6.88. The highest BCUT2D eigenvalue weighted by atomic mass is 16.1. The van der Waals surface area contributed by atoms with Crippen LogP contribution in [-0.4, -0.2) is 30.7 Å². The van der Waals surface area contributed by atoms with Gasteiger partial charge in [0.25, 0.3) is 0 Å². The van der Waals surface area contributed by atoms with Crippen molar-refractivity contribution in [3.05, 3.63) is 39.7 Å². The Kier molecular flexibility index (Phi) is 5.48. The Bertz CT molecular complexity index is 792. The van der Waals surface area contributed by atoms with Crippen LogP contribution in [0.1, 0.15) is 51.3 Å². The van der Waals surface area contributed by atoms with Gasteiger partial charge in [-0.05, 0) is 65.2 Å². The number of nitrogens with one attached hydrogen (secondary N) is 2. The standard InChI is InChI=1S/C21H31N3O/c1-5-23(6-2)17-10-11-20-18(13-17)21(25)19(16(4)22-20)14-24-12-8-7-9-15(24)3/h10-11,13,15H,5-9,12,14H2,1-4H3,(H,22,25)/p+1/t15-/m1/s1. The van der Waals surface area contributed by atoms with Crippen molar-refractivity contribution in [3.8, 4) is 0 Å². The second-order valence-corrected chi connectivity index (χ2v) is 7.44. The maximum Gasteiger partial charge on any atom is 0.198 e. The minimum atomic E-state index is 0.213. The summed E-state index contributed by atoms with van der Waals surface area (Å²) >= 11 is 0. The van der Waals surface area contributed by atoms with E-state index in [2.05, 4.69) is 48.9 Å². The van der Waals surface area contributed by atoms with Gasteiger partial charge in [-0.25, -0.2) is 0 Å². The predicted octanol–water partition coefficient (Wildman–Crippen LogP) is 2.64. The number of H-pyrrole nitrogens is 1. The van der Waals surface area contributed by atoms with Crippen LogP contribution in [0.2, 0.25) is 0 Å². The molecule has 2 N–H and O–H groups in total. The molecule has 1 aromatic carbocycles. The highest BCUT2D eigenvalue weighted by Gasteiger charge is 2.24. The highest BCUT2D eigenvalue weighted by Crippen LogP contribution is 2.20. The van der Waals surface area contributed by atoms with Crippen LogP contribution >= 0.6 is 0 Å². The molecular weight excluding hydrogens is 310 g/mol. The molecule has 2 atom stereocenters. The fraction of sp³-hybridized carbons (Fsp3) is 0.571. The van der Waals surface area contributed by atoms with Crippen molar-refractivity contribution in [3.63, 3.8) is 0 Å². The number of aromatic amines is 1. The molecule has 4 heteroatoms. The van der Waals surface area contributed by atoms with Crippen molar-refractivity contribution in [2.24, 2.45) is 0 Å². The minimum absolute atomic E-state index is 0.213. The van der Waals surface area contributed by atoms with Crippen molar-refractivity contribution in [2.75, 3.05) is 24.5 Å². The summed E-state index contributed by atoms with van der Waals surface area (Å²) in [5, 5.41) is 0.828. The van der Waals surface area contributed by atoms with Crippen molar-refractivity contribution in [1.82, 2.24) is 4.98 Å². The van der Waals surface area contributed by atoms with Crippen LogP contribution in [0.3, 0.4) is 0 Å². The van der Waals surface area contributed by atoms with Gasteiger partial charge in [0.05, 0.1) is 18.2 Å². The van der Waals surface area contributed by atoms with Gasteiger partial charge >= 0.3 is 0 Å². The number of hydrogen-bond donors (Lipinski definition) is 2. The summed E-state index contributed by atoms with van der Waals surface area (Å²) in [6.45, 7) is 12.6. The second kappa shape index (κ2) is 7.61. The van der Waals surface area contributed by atoms with E-state index in [4.69, 9.17) is 0 Å². The molecular formula is C21H32N3O+. The molecule has 0 radical (unpaired) electrons. The Morgan fingerprint density at radius 2 is 2.00 bits per heavy atom. The minimum Gasteiger partial charge on any atom is -0.372 e. The zero-order valence-corrected chi connectivity index (χ0v) is 16.1. The first-order valence-corrected chi connectivity index (χ1v) is 9.80. The summed E-state index contributed by atoms with van der Waals surface area (Å²) in [4.78, 5) is 20.5. The van der Waals surface area contributed by atoms with E-state index in [1.807, 2.05) is 6.92 Å². The Morgan fingerprint density at radius 1 is 1.24 bits per heavy atom. The van der Waals surface area contributed by atoms with E-state index >= 15 is 0 Å². The lowest BCUT2D eigenvalue weighted by Crippen LogP contribution is -3.15. The zero-order valence-electron chi connectivity index (χ0n) is 16.1. The number of pyridine rings is 1. The molecule has 2 heterocycles. The van der Waals surface area contributed by atoms with E-state index in [0.717, 1.165) is 47.5 Å². The van der Waals surface area contributed by atoms with Crippen molar-refractivity contribution < 1.29 is 4.90 Å². The molecule has 4 nitrogen and oxygen atoms in total. The maximum absolute atomic E-state index is 13.2. The average molecular weight is 343 g/mol. The molecule has 3 rings (SSSR count). The second-order valence-electron chi connectivity index (χ2n) is 7.44. The highest BCUT2D eigenvalue weighted by molar-refractivity contribution is 5.83. The van der Waals surface area contributed by atoms with Crippen LogP contribution in [-0.2, 0) is 6.54 Å². The smallest absolute Gasteiger partial charge is 0.198 e. The molecule has 0 amide bonds. The molecule has 1 aliphatic rings. The Hall–Kier alpha value is -1.81. The number of quaternary nitrogens is 1. The normalized spacial score (nSPS) is 20.8. The quantitative estimate of drug-likeness (QED) is 0.877. The lowest BCUT2D eigenvalue weighted by atomic mass is 10.0. The Labute approximate surface area is 150 Å². The van der Waals surface area contributed by atoms with Crippen LogP contribution in [0.25, 0.3) is 10.9 Å². The van der Waals surface area contributed by atoms with E-state index in [1.165, 1.54) is 25.8 Å². The van der Waals surface area contributed by atoms with Crippen LogP contribution < -0.4 is 15.2 Å². The number of piperidine rings is 1. The number of likely N-dealkylation sites (tertiary alicyclic amines) is 1.